The van der Waals surface area contributed by atoms with Crippen LogP contribution in [0.4, 0.5) is 0 Å². The molecular weight excluding hydrogens is 594 g/mol. The van der Waals surface area contributed by atoms with Crippen molar-refractivity contribution in [3.8, 4) is 0 Å². The maximum atomic E-state index is 12.6. The molecule has 0 aromatic carbocycles. The van der Waals surface area contributed by atoms with E-state index < -0.39 is 18.1 Å². The molecular formula is C39H72NO7+. The van der Waals surface area contributed by atoms with E-state index in [1.165, 1.54) is 89.9 Å². The molecule has 0 saturated carbocycles. The van der Waals surface area contributed by atoms with Crippen LogP contribution >= 0.6 is 0 Å². The number of esters is 2. The van der Waals surface area contributed by atoms with Gasteiger partial charge in [0.1, 0.15) is 6.61 Å². The van der Waals surface area contributed by atoms with Gasteiger partial charge in [-0.1, -0.05) is 109 Å². The summed E-state index contributed by atoms with van der Waals surface area (Å²) < 4.78 is 17.1. The molecule has 0 fully saturated rings. The van der Waals surface area contributed by atoms with Gasteiger partial charge in [-0.05, 0) is 51.4 Å². The van der Waals surface area contributed by atoms with Gasteiger partial charge in [-0.3, -0.25) is 9.59 Å². The van der Waals surface area contributed by atoms with Gasteiger partial charge in [0.25, 0.3) is 0 Å². The molecule has 0 amide bonds. The number of rotatable bonds is 33. The Morgan fingerprint density at radius 1 is 0.617 bits per heavy atom. The smallest absolute Gasteiger partial charge is 0.362 e. The maximum Gasteiger partial charge on any atom is 0.362 e. The second kappa shape index (κ2) is 31.1. The summed E-state index contributed by atoms with van der Waals surface area (Å²) in [5.41, 5.74) is 0. The van der Waals surface area contributed by atoms with Crippen molar-refractivity contribution < 1.29 is 38.2 Å². The van der Waals surface area contributed by atoms with Crippen LogP contribution in [0, 0.1) is 0 Å². The fourth-order valence-electron chi connectivity index (χ4n) is 5.34. The molecule has 0 aliphatic carbocycles. The molecule has 0 bridgehead atoms. The molecule has 0 spiro atoms. The van der Waals surface area contributed by atoms with Gasteiger partial charge < -0.3 is 23.8 Å². The predicted octanol–water partition coefficient (Wildman–Crippen LogP) is 9.35. The average Bonchev–Trinajstić information content (AvgIpc) is 3.01. The molecule has 2 unspecified atom stereocenters. The molecule has 0 aliphatic heterocycles. The zero-order valence-corrected chi connectivity index (χ0v) is 31.0. The van der Waals surface area contributed by atoms with E-state index in [9.17, 15) is 19.5 Å². The van der Waals surface area contributed by atoms with E-state index in [-0.39, 0.29) is 42.7 Å². The number of ether oxygens (including phenoxy) is 3. The van der Waals surface area contributed by atoms with E-state index in [2.05, 4.69) is 32.1 Å². The second-order valence-electron chi connectivity index (χ2n) is 13.8. The third kappa shape index (κ3) is 29.7. The van der Waals surface area contributed by atoms with Crippen molar-refractivity contribution >= 4 is 17.9 Å². The van der Waals surface area contributed by atoms with Crippen LogP contribution in [0.1, 0.15) is 155 Å². The Balaban J connectivity index is 4.42. The first-order valence-corrected chi connectivity index (χ1v) is 18.9. The third-order valence-electron chi connectivity index (χ3n) is 8.34. The minimum atomic E-state index is -0.881. The summed E-state index contributed by atoms with van der Waals surface area (Å²) in [7, 11) is 5.50. The molecule has 8 nitrogen and oxygen atoms in total. The number of nitrogens with zero attached hydrogens (tertiary/aromatic N) is 1. The Morgan fingerprint density at radius 2 is 1.11 bits per heavy atom. The second-order valence-corrected chi connectivity index (χ2v) is 13.8. The van der Waals surface area contributed by atoms with Crippen molar-refractivity contribution in [1.29, 1.82) is 0 Å². The first kappa shape index (κ1) is 44.8. The van der Waals surface area contributed by atoms with Gasteiger partial charge in [-0.15, -0.1) is 0 Å². The standard InChI is InChI=1S/C39H71NO7/c1-6-8-10-12-14-16-17-18-19-20-21-22-24-26-28-30-38(42)47-35(33-45-32-31-36(39(43)44)40(3,4)5)34-46-37(41)29-27-25-23-15-13-11-9-7-2/h16-17,23,25,35-36H,6-15,18-22,24,26-34H2,1-5H3/p+1/b17-16+,25-23+. The van der Waals surface area contributed by atoms with Gasteiger partial charge in [0.05, 0.1) is 34.4 Å². The number of quaternary nitrogens is 1. The summed E-state index contributed by atoms with van der Waals surface area (Å²) in [6.45, 7) is 4.62. The molecule has 0 heterocycles. The van der Waals surface area contributed by atoms with E-state index >= 15 is 0 Å². The van der Waals surface area contributed by atoms with Crippen molar-refractivity contribution in [1.82, 2.24) is 0 Å². The van der Waals surface area contributed by atoms with Gasteiger partial charge in [0.2, 0.25) is 0 Å². The van der Waals surface area contributed by atoms with Crippen molar-refractivity contribution in [2.45, 2.75) is 167 Å². The number of carboxylic acids is 1. The molecule has 0 aliphatic rings. The highest BCUT2D eigenvalue weighted by Gasteiger charge is 2.31. The number of carboxylic acid groups (broad SMARTS) is 1. The minimum absolute atomic E-state index is 0.0498. The molecule has 2 atom stereocenters. The highest BCUT2D eigenvalue weighted by atomic mass is 16.6. The van der Waals surface area contributed by atoms with Gasteiger partial charge in [-0.25, -0.2) is 4.79 Å². The Labute approximate surface area is 288 Å². The minimum Gasteiger partial charge on any atom is -0.477 e. The summed E-state index contributed by atoms with van der Waals surface area (Å²) in [6.07, 6.45) is 30.9. The fraction of sp³-hybridized carbons (Fsp3) is 0.821. The third-order valence-corrected chi connectivity index (χ3v) is 8.34. The van der Waals surface area contributed by atoms with Crippen LogP contribution < -0.4 is 0 Å². The van der Waals surface area contributed by atoms with Crippen LogP contribution in [0.5, 0.6) is 0 Å². The predicted molar refractivity (Wildman–Crippen MR) is 192 cm³/mol. The Kier molecular flexibility index (Phi) is 29.7. The molecule has 0 aromatic heterocycles. The summed E-state index contributed by atoms with van der Waals surface area (Å²) in [6, 6.07) is -0.615. The van der Waals surface area contributed by atoms with Crippen molar-refractivity contribution in [3.05, 3.63) is 24.3 Å². The zero-order chi connectivity index (χ0) is 35.0. The van der Waals surface area contributed by atoms with E-state index in [1.807, 2.05) is 27.2 Å². The van der Waals surface area contributed by atoms with Crippen molar-refractivity contribution in [2.75, 3.05) is 41.0 Å². The van der Waals surface area contributed by atoms with E-state index in [4.69, 9.17) is 14.2 Å². The molecule has 1 N–H and O–H groups in total. The van der Waals surface area contributed by atoms with Crippen LogP contribution in [0.3, 0.4) is 0 Å². The Bertz CT molecular complexity index is 834. The van der Waals surface area contributed by atoms with E-state index in [1.54, 1.807) is 0 Å². The summed E-state index contributed by atoms with van der Waals surface area (Å²) in [5, 5.41) is 9.56. The molecule has 8 heteroatoms. The lowest BCUT2D eigenvalue weighted by atomic mass is 10.1. The Morgan fingerprint density at radius 3 is 1.62 bits per heavy atom. The Hall–Kier alpha value is -2.19. The maximum absolute atomic E-state index is 12.6. The lowest BCUT2D eigenvalue weighted by molar-refractivity contribution is -0.887. The highest BCUT2D eigenvalue weighted by molar-refractivity contribution is 5.72. The van der Waals surface area contributed by atoms with Crippen LogP contribution in [-0.2, 0) is 28.6 Å². The van der Waals surface area contributed by atoms with Gasteiger partial charge in [-0.2, -0.15) is 0 Å². The van der Waals surface area contributed by atoms with Gasteiger partial charge >= 0.3 is 17.9 Å². The number of allylic oxidation sites excluding steroid dienone is 4. The van der Waals surface area contributed by atoms with Crippen molar-refractivity contribution in [3.63, 3.8) is 0 Å². The lowest BCUT2D eigenvalue weighted by Crippen LogP contribution is -2.50. The number of aliphatic carboxylic acids is 1. The van der Waals surface area contributed by atoms with Gasteiger partial charge in [0, 0.05) is 19.3 Å². The molecule has 0 radical (unpaired) electrons. The van der Waals surface area contributed by atoms with Crippen LogP contribution in [0.25, 0.3) is 0 Å². The number of hydrogen-bond acceptors (Lipinski definition) is 6. The largest absolute Gasteiger partial charge is 0.477 e. The zero-order valence-electron chi connectivity index (χ0n) is 31.0. The van der Waals surface area contributed by atoms with Crippen LogP contribution in [-0.4, -0.2) is 80.6 Å². The summed E-state index contributed by atoms with van der Waals surface area (Å²) >= 11 is 0. The molecule has 0 rings (SSSR count). The van der Waals surface area contributed by atoms with Crippen LogP contribution in [0.15, 0.2) is 24.3 Å². The first-order valence-electron chi connectivity index (χ1n) is 18.9. The number of carbonyl (C=O) groups excluding carboxylic acids is 2. The first-order chi connectivity index (χ1) is 22.6. The number of unbranched alkanes of at least 4 members (excludes halogenated alkanes) is 15. The van der Waals surface area contributed by atoms with E-state index in [0.29, 0.717) is 19.3 Å². The normalized spacial score (nSPS) is 13.3. The summed E-state index contributed by atoms with van der Waals surface area (Å²) in [5.74, 6) is -1.54. The highest BCUT2D eigenvalue weighted by Crippen LogP contribution is 2.13. The molecule has 0 saturated heterocycles. The molecule has 47 heavy (non-hydrogen) atoms. The number of carbonyl (C=O) groups is 3. The number of likely N-dealkylation sites (N-methyl/N-ethyl adjacent to an activating group) is 1. The SMILES string of the molecule is CCCCCC/C=C/CCCCCCCCCC(=O)OC(COCCC(C(=O)O)[N+](C)(C)C)COC(=O)CC/C=C/CCCCCC. The number of hydrogen-bond donors (Lipinski definition) is 1. The fourth-order valence-corrected chi connectivity index (χ4v) is 5.34. The lowest BCUT2D eigenvalue weighted by Gasteiger charge is -2.31. The van der Waals surface area contributed by atoms with Crippen molar-refractivity contribution in [2.24, 2.45) is 0 Å². The van der Waals surface area contributed by atoms with Gasteiger partial charge in [0.15, 0.2) is 12.1 Å². The topological polar surface area (TPSA) is 99.1 Å². The average molecular weight is 667 g/mol. The molecule has 274 valence electrons. The summed E-state index contributed by atoms with van der Waals surface area (Å²) in [4.78, 5) is 36.6. The van der Waals surface area contributed by atoms with Crippen LogP contribution in [0.2, 0.25) is 0 Å². The van der Waals surface area contributed by atoms with E-state index in [0.717, 1.165) is 25.7 Å². The quantitative estimate of drug-likeness (QED) is 0.0322. The molecule has 0 aromatic rings. The monoisotopic (exact) mass is 667 g/mol.